The van der Waals surface area contributed by atoms with Gasteiger partial charge in [-0.15, -0.1) is 0 Å². The molecule has 0 fully saturated rings. The first kappa shape index (κ1) is 26.7. The van der Waals surface area contributed by atoms with E-state index in [4.69, 9.17) is 4.74 Å². The first-order valence-corrected chi connectivity index (χ1v) is 12.1. The summed E-state index contributed by atoms with van der Waals surface area (Å²) in [6, 6.07) is 40.4. The zero-order valence-corrected chi connectivity index (χ0v) is 22.6. The Labute approximate surface area is 227 Å². The van der Waals surface area contributed by atoms with E-state index in [-0.39, 0.29) is 24.0 Å². The second kappa shape index (κ2) is 13.9. The van der Waals surface area contributed by atoms with Gasteiger partial charge in [-0.2, -0.15) is 0 Å². The molecule has 0 atom stereocenters. The monoisotopic (exact) mass is 575 g/mol. The maximum Gasteiger partial charge on any atom is 0.137 e. The molecule has 0 radical (unpaired) electrons. The molecule has 4 rings (SSSR count). The predicted molar refractivity (Wildman–Crippen MR) is 143 cm³/mol. The van der Waals surface area contributed by atoms with Crippen molar-refractivity contribution in [2.45, 2.75) is 20.0 Å². The molecule has 0 N–H and O–H groups in total. The van der Waals surface area contributed by atoms with Gasteiger partial charge in [0.05, 0.1) is 6.54 Å². The highest BCUT2D eigenvalue weighted by molar-refractivity contribution is 5.69. The van der Waals surface area contributed by atoms with Gasteiger partial charge in [0.1, 0.15) is 32.0 Å². The summed E-state index contributed by atoms with van der Waals surface area (Å²) in [6.07, 6.45) is 4.27. The molecule has 0 aliphatic carbocycles. The minimum atomic E-state index is 0. The number of hydrogen-bond donors (Lipinski definition) is 0. The lowest BCUT2D eigenvalue weighted by Gasteiger charge is -2.38. The van der Waals surface area contributed by atoms with Crippen molar-refractivity contribution in [1.29, 1.82) is 0 Å². The third-order valence-corrected chi connectivity index (χ3v) is 6.37. The fraction of sp³-hybridized carbons (Fsp3) is 0.188. The molecular formula is C32H34INO. The zero-order valence-electron chi connectivity index (χ0n) is 20.4. The van der Waals surface area contributed by atoms with Crippen molar-refractivity contribution in [3.63, 3.8) is 0 Å². The zero-order chi connectivity index (χ0) is 23.5. The Morgan fingerprint density at radius 1 is 0.600 bits per heavy atom. The highest BCUT2D eigenvalue weighted by atomic mass is 127. The van der Waals surface area contributed by atoms with E-state index < -0.39 is 0 Å². The van der Waals surface area contributed by atoms with E-state index in [9.17, 15) is 0 Å². The molecule has 0 aliphatic heterocycles. The van der Waals surface area contributed by atoms with Gasteiger partial charge in [-0.25, -0.2) is 0 Å². The smallest absolute Gasteiger partial charge is 0.137 e. The largest absolute Gasteiger partial charge is 1.00 e. The average molecular weight is 576 g/mol. The second-order valence-electron chi connectivity index (χ2n) is 8.83. The van der Waals surface area contributed by atoms with Gasteiger partial charge in [0.15, 0.2) is 0 Å². The number of nitrogens with zero attached hydrogens (tertiary/aromatic N) is 1. The molecule has 2 nitrogen and oxygen atoms in total. The van der Waals surface area contributed by atoms with Crippen LogP contribution in [0, 0.1) is 0 Å². The Balaban J connectivity index is 0.00000342. The Morgan fingerprint density at radius 2 is 1.06 bits per heavy atom. The highest BCUT2D eigenvalue weighted by Crippen LogP contribution is 2.21. The summed E-state index contributed by atoms with van der Waals surface area (Å²) >= 11 is 0. The van der Waals surface area contributed by atoms with Crippen LogP contribution in [-0.4, -0.2) is 24.2 Å². The Hall–Kier alpha value is -2.89. The van der Waals surface area contributed by atoms with Crippen LogP contribution in [0.5, 0.6) is 5.75 Å². The van der Waals surface area contributed by atoms with Gasteiger partial charge >= 0.3 is 0 Å². The maximum atomic E-state index is 6.22. The molecule has 4 aromatic rings. The van der Waals surface area contributed by atoms with E-state index in [0.717, 1.165) is 36.4 Å². The van der Waals surface area contributed by atoms with E-state index in [2.05, 4.69) is 128 Å². The molecule has 0 aromatic heterocycles. The van der Waals surface area contributed by atoms with Crippen LogP contribution in [0.2, 0.25) is 0 Å². The quantitative estimate of drug-likeness (QED) is 0.146. The number of hydrogen-bond acceptors (Lipinski definition) is 1. The van der Waals surface area contributed by atoms with Gasteiger partial charge in [0.2, 0.25) is 0 Å². The van der Waals surface area contributed by atoms with Crippen molar-refractivity contribution in [3.8, 4) is 5.75 Å². The molecule has 180 valence electrons. The first-order chi connectivity index (χ1) is 16.7. The predicted octanol–water partition coefficient (Wildman–Crippen LogP) is 4.48. The molecule has 35 heavy (non-hydrogen) atoms. The third-order valence-electron chi connectivity index (χ3n) is 6.37. The molecular weight excluding hydrogens is 541 g/mol. The molecule has 0 bridgehead atoms. The maximum absolute atomic E-state index is 6.22. The van der Waals surface area contributed by atoms with Crippen molar-refractivity contribution < 1.29 is 33.2 Å². The fourth-order valence-electron chi connectivity index (χ4n) is 4.33. The van der Waals surface area contributed by atoms with Crippen molar-refractivity contribution >= 4 is 12.2 Å². The van der Waals surface area contributed by atoms with Crippen LogP contribution in [0.4, 0.5) is 0 Å². The van der Waals surface area contributed by atoms with Gasteiger partial charge in [-0.05, 0) is 30.2 Å². The minimum Gasteiger partial charge on any atom is -1.00 e. The van der Waals surface area contributed by atoms with Gasteiger partial charge in [-0.3, -0.25) is 0 Å². The number of halogens is 1. The summed E-state index contributed by atoms with van der Waals surface area (Å²) in [7, 11) is 0. The Morgan fingerprint density at radius 3 is 1.54 bits per heavy atom. The summed E-state index contributed by atoms with van der Waals surface area (Å²) < 4.78 is 7.18. The third kappa shape index (κ3) is 8.37. The van der Waals surface area contributed by atoms with Crippen molar-refractivity contribution in [1.82, 2.24) is 0 Å². The normalized spacial score (nSPS) is 11.2. The van der Waals surface area contributed by atoms with E-state index >= 15 is 0 Å². The van der Waals surface area contributed by atoms with Crippen molar-refractivity contribution in [2.24, 2.45) is 0 Å². The summed E-state index contributed by atoms with van der Waals surface area (Å²) in [6.45, 7) is 6.98. The number of rotatable bonds is 11. The second-order valence-corrected chi connectivity index (χ2v) is 8.83. The molecule has 0 aliphatic rings. The van der Waals surface area contributed by atoms with Crippen LogP contribution in [0.15, 0.2) is 115 Å². The van der Waals surface area contributed by atoms with E-state index in [1.807, 2.05) is 6.07 Å². The molecule has 0 unspecified atom stereocenters. The van der Waals surface area contributed by atoms with Crippen LogP contribution in [0.3, 0.4) is 0 Å². The highest BCUT2D eigenvalue weighted by Gasteiger charge is 2.26. The number of likely N-dealkylation sites (N-methyl/N-ethyl adjacent to an activating group) is 1. The summed E-state index contributed by atoms with van der Waals surface area (Å²) in [5.74, 6) is 0.922. The topological polar surface area (TPSA) is 9.23 Å². The van der Waals surface area contributed by atoms with Crippen LogP contribution in [0.25, 0.3) is 12.2 Å². The van der Waals surface area contributed by atoms with Crippen LogP contribution in [0.1, 0.15) is 29.2 Å². The van der Waals surface area contributed by atoms with Gasteiger partial charge in [0.25, 0.3) is 0 Å². The summed E-state index contributed by atoms with van der Waals surface area (Å²) in [5, 5.41) is 0. The van der Waals surface area contributed by atoms with Gasteiger partial charge < -0.3 is 33.2 Å². The van der Waals surface area contributed by atoms with Crippen LogP contribution < -0.4 is 28.7 Å². The van der Waals surface area contributed by atoms with Crippen LogP contribution in [-0.2, 0) is 13.1 Å². The average Bonchev–Trinajstić information content (AvgIpc) is 2.90. The lowest BCUT2D eigenvalue weighted by Crippen LogP contribution is -3.00. The van der Waals surface area contributed by atoms with Gasteiger partial charge in [-0.1, -0.05) is 115 Å². The fourth-order valence-corrected chi connectivity index (χ4v) is 4.33. The molecule has 0 saturated carbocycles. The van der Waals surface area contributed by atoms with E-state index in [1.54, 1.807) is 0 Å². The number of quaternary nitrogens is 1. The Bertz CT molecular complexity index is 1100. The van der Waals surface area contributed by atoms with Crippen LogP contribution >= 0.6 is 0 Å². The molecule has 0 amide bonds. The first-order valence-electron chi connectivity index (χ1n) is 12.1. The van der Waals surface area contributed by atoms with E-state index in [0.29, 0.717) is 6.61 Å². The molecule has 0 spiro atoms. The molecule has 4 aromatic carbocycles. The van der Waals surface area contributed by atoms with Gasteiger partial charge in [0, 0.05) is 11.1 Å². The summed E-state index contributed by atoms with van der Waals surface area (Å²) in [5.41, 5.74) is 5.11. The number of ether oxygens (including phenoxy) is 1. The van der Waals surface area contributed by atoms with Crippen molar-refractivity contribution in [3.05, 3.63) is 138 Å². The lowest BCUT2D eigenvalue weighted by atomic mass is 10.1. The lowest BCUT2D eigenvalue weighted by molar-refractivity contribution is -0.952. The molecule has 0 heterocycles. The standard InChI is InChI=1S/C32H34NO.HI/c1-2-33(26-30-14-8-4-9-15-30,27-31-16-10-5-11-17-31)24-25-34-32-22-20-29(21-23-32)19-18-28-12-6-3-7-13-28;/h3-23H,2,24-27H2,1H3;1H/q+1;/p-1/b19-18+;. The molecule has 3 heteroatoms. The SMILES string of the molecule is CC[N+](CCOc1ccc(/C=C/c2ccccc2)cc1)(Cc1ccccc1)Cc1ccccc1.[I-]. The van der Waals surface area contributed by atoms with Crippen molar-refractivity contribution in [2.75, 3.05) is 19.7 Å². The Kier molecular flexibility index (Phi) is 10.6. The molecule has 0 saturated heterocycles. The minimum absolute atomic E-state index is 0. The summed E-state index contributed by atoms with van der Waals surface area (Å²) in [4.78, 5) is 0. The number of benzene rings is 4. The van der Waals surface area contributed by atoms with E-state index in [1.165, 1.54) is 22.3 Å².